The highest BCUT2D eigenvalue weighted by molar-refractivity contribution is 6.01. The Morgan fingerprint density at radius 2 is 2.43 bits per heavy atom. The number of nitrogens with zero attached hydrogens (tertiary/aromatic N) is 3. The molecule has 0 bridgehead atoms. The van der Waals surface area contributed by atoms with Crippen molar-refractivity contribution in [1.82, 2.24) is 20.4 Å². The van der Waals surface area contributed by atoms with Crippen LogP contribution in [-0.4, -0.2) is 40.1 Å². The second kappa shape index (κ2) is 3.44. The van der Waals surface area contributed by atoms with Crippen LogP contribution in [0.25, 0.3) is 0 Å². The van der Waals surface area contributed by atoms with Gasteiger partial charge in [0.2, 0.25) is 12.3 Å². The number of urea groups is 1. The fraction of sp³-hybridized carbons (Fsp3) is 0.429. The fourth-order valence-electron chi connectivity index (χ4n) is 1.20. The molecule has 1 aliphatic heterocycles. The number of rotatable bonds is 3. The summed E-state index contributed by atoms with van der Waals surface area (Å²) in [7, 11) is 0. The van der Waals surface area contributed by atoms with E-state index >= 15 is 0 Å². The van der Waals surface area contributed by atoms with Crippen LogP contribution in [0.5, 0.6) is 0 Å². The number of imide groups is 1. The number of amides is 3. The molecule has 0 aromatic carbocycles. The van der Waals surface area contributed by atoms with Gasteiger partial charge in [-0.05, 0) is 0 Å². The summed E-state index contributed by atoms with van der Waals surface area (Å²) in [5.41, 5.74) is 0. The van der Waals surface area contributed by atoms with E-state index in [1.165, 1.54) is 6.39 Å². The number of aromatic nitrogens is 2. The Balaban J connectivity index is 1.92. The summed E-state index contributed by atoms with van der Waals surface area (Å²) in [5, 5.41) is 5.99. The zero-order valence-corrected chi connectivity index (χ0v) is 7.27. The van der Waals surface area contributed by atoms with Gasteiger partial charge in [0.25, 0.3) is 0 Å². The van der Waals surface area contributed by atoms with Crippen LogP contribution in [0.1, 0.15) is 5.82 Å². The molecule has 0 aliphatic carbocycles. The van der Waals surface area contributed by atoms with Crippen molar-refractivity contribution in [2.75, 3.05) is 13.1 Å². The average molecular weight is 196 g/mol. The van der Waals surface area contributed by atoms with Gasteiger partial charge in [-0.25, -0.2) is 4.79 Å². The van der Waals surface area contributed by atoms with Gasteiger partial charge in [-0.3, -0.25) is 9.69 Å². The highest BCUT2D eigenvalue weighted by Crippen LogP contribution is 2.00. The summed E-state index contributed by atoms with van der Waals surface area (Å²) < 4.78 is 4.52. The van der Waals surface area contributed by atoms with Crippen molar-refractivity contribution >= 4 is 11.9 Å². The third kappa shape index (κ3) is 1.56. The van der Waals surface area contributed by atoms with Gasteiger partial charge < -0.3 is 9.84 Å². The van der Waals surface area contributed by atoms with E-state index in [1.54, 1.807) is 0 Å². The first kappa shape index (κ1) is 8.67. The lowest BCUT2D eigenvalue weighted by molar-refractivity contribution is -0.124. The maximum atomic E-state index is 11.1. The second-order valence-electron chi connectivity index (χ2n) is 2.80. The smallest absolute Gasteiger partial charge is 0.324 e. The average Bonchev–Trinajstić information content (AvgIpc) is 2.76. The first-order chi connectivity index (χ1) is 6.77. The molecule has 1 fully saturated rings. The van der Waals surface area contributed by atoms with Crippen LogP contribution >= 0.6 is 0 Å². The summed E-state index contributed by atoms with van der Waals surface area (Å²) in [6.45, 7) is 0.356. The quantitative estimate of drug-likeness (QED) is 0.637. The molecule has 2 rings (SSSR count). The number of hydrogen-bond donors (Lipinski definition) is 1. The van der Waals surface area contributed by atoms with Gasteiger partial charge in [0.15, 0.2) is 5.82 Å². The topological polar surface area (TPSA) is 88.3 Å². The molecular weight excluding hydrogens is 188 g/mol. The van der Waals surface area contributed by atoms with Gasteiger partial charge >= 0.3 is 6.03 Å². The fourth-order valence-corrected chi connectivity index (χ4v) is 1.20. The summed E-state index contributed by atoms with van der Waals surface area (Å²) in [6.07, 6.45) is 1.62. The maximum absolute atomic E-state index is 11.1. The number of nitrogens with one attached hydrogen (secondary N) is 1. The predicted molar refractivity (Wildman–Crippen MR) is 43.1 cm³/mol. The summed E-state index contributed by atoms with van der Waals surface area (Å²) >= 11 is 0. The molecule has 1 N–H and O–H groups in total. The molecular formula is C7H8N4O3. The number of hydrogen-bond acceptors (Lipinski definition) is 5. The molecule has 0 radical (unpaired) electrons. The van der Waals surface area contributed by atoms with Gasteiger partial charge in [-0.1, -0.05) is 5.16 Å². The minimum atomic E-state index is -0.363. The van der Waals surface area contributed by atoms with Crippen LogP contribution in [0.4, 0.5) is 4.79 Å². The molecule has 7 nitrogen and oxygen atoms in total. The van der Waals surface area contributed by atoms with E-state index < -0.39 is 0 Å². The molecule has 1 aromatic rings. The molecule has 0 atom stereocenters. The largest absolute Gasteiger partial charge is 0.343 e. The Morgan fingerprint density at radius 3 is 3.00 bits per heavy atom. The third-order valence-corrected chi connectivity index (χ3v) is 1.90. The lowest BCUT2D eigenvalue weighted by Crippen LogP contribution is -2.32. The van der Waals surface area contributed by atoms with Crippen molar-refractivity contribution in [1.29, 1.82) is 0 Å². The first-order valence-electron chi connectivity index (χ1n) is 4.11. The van der Waals surface area contributed by atoms with E-state index in [4.69, 9.17) is 0 Å². The van der Waals surface area contributed by atoms with Gasteiger partial charge in [0.1, 0.15) is 0 Å². The second-order valence-corrected chi connectivity index (χ2v) is 2.80. The van der Waals surface area contributed by atoms with Crippen molar-refractivity contribution in [3.05, 3.63) is 12.2 Å². The zero-order valence-electron chi connectivity index (χ0n) is 7.27. The van der Waals surface area contributed by atoms with Crippen molar-refractivity contribution < 1.29 is 14.1 Å². The van der Waals surface area contributed by atoms with Gasteiger partial charge in [0.05, 0.1) is 6.54 Å². The third-order valence-electron chi connectivity index (χ3n) is 1.90. The minimum Gasteiger partial charge on any atom is -0.343 e. The monoisotopic (exact) mass is 196 g/mol. The Morgan fingerprint density at radius 1 is 1.57 bits per heavy atom. The minimum absolute atomic E-state index is 0.0745. The van der Waals surface area contributed by atoms with E-state index in [0.717, 1.165) is 4.90 Å². The van der Waals surface area contributed by atoms with Gasteiger partial charge in [0, 0.05) is 13.0 Å². The molecule has 2 heterocycles. The van der Waals surface area contributed by atoms with E-state index in [2.05, 4.69) is 20.0 Å². The van der Waals surface area contributed by atoms with Crippen molar-refractivity contribution in [3.63, 3.8) is 0 Å². The van der Waals surface area contributed by atoms with Crippen LogP contribution < -0.4 is 5.32 Å². The Kier molecular flexibility index (Phi) is 2.13. The number of carbonyl (C=O) groups excluding carboxylic acids is 2. The highest BCUT2D eigenvalue weighted by atomic mass is 16.5. The Bertz CT molecular complexity index is 332. The number of carbonyl (C=O) groups is 2. The molecule has 0 spiro atoms. The normalized spacial score (nSPS) is 16.1. The molecule has 1 saturated heterocycles. The summed E-state index contributed by atoms with van der Waals surface area (Å²) in [4.78, 5) is 27.1. The highest BCUT2D eigenvalue weighted by Gasteiger charge is 2.27. The van der Waals surface area contributed by atoms with Gasteiger partial charge in [-0.15, -0.1) is 0 Å². The van der Waals surface area contributed by atoms with Crippen molar-refractivity contribution in [2.24, 2.45) is 0 Å². The molecule has 1 aromatic heterocycles. The lowest BCUT2D eigenvalue weighted by atomic mass is 10.4. The van der Waals surface area contributed by atoms with Crippen LogP contribution in [0.3, 0.4) is 0 Å². The predicted octanol–water partition coefficient (Wildman–Crippen LogP) is -0.836. The first-order valence-corrected chi connectivity index (χ1v) is 4.11. The molecule has 3 amide bonds. The van der Waals surface area contributed by atoms with Crippen LogP contribution in [0, 0.1) is 0 Å². The van der Waals surface area contributed by atoms with Crippen LogP contribution in [0.2, 0.25) is 0 Å². The molecule has 1 aliphatic rings. The zero-order chi connectivity index (χ0) is 9.97. The van der Waals surface area contributed by atoms with Gasteiger partial charge in [-0.2, -0.15) is 4.98 Å². The van der Waals surface area contributed by atoms with Crippen molar-refractivity contribution in [2.45, 2.75) is 6.42 Å². The van der Waals surface area contributed by atoms with E-state index in [0.29, 0.717) is 12.2 Å². The Hall–Kier alpha value is -1.92. The molecule has 14 heavy (non-hydrogen) atoms. The van der Waals surface area contributed by atoms with Crippen molar-refractivity contribution in [3.8, 4) is 0 Å². The van der Waals surface area contributed by atoms with E-state index in [1.807, 2.05) is 0 Å². The molecule has 7 heteroatoms. The standard InChI is InChI=1S/C7H8N4O3/c12-6-3-8-7(13)11(6)2-1-5-9-4-14-10-5/h4H,1-3H2,(H,8,13). The van der Waals surface area contributed by atoms with E-state index in [-0.39, 0.29) is 25.0 Å². The van der Waals surface area contributed by atoms with E-state index in [9.17, 15) is 9.59 Å². The molecule has 0 unspecified atom stereocenters. The van der Waals surface area contributed by atoms with Crippen LogP contribution in [-0.2, 0) is 11.2 Å². The Labute approximate surface area is 79.1 Å². The summed E-state index contributed by atoms with van der Waals surface area (Å²) in [6, 6.07) is -0.363. The molecule has 0 saturated carbocycles. The SMILES string of the molecule is O=C1CNC(=O)N1CCc1ncon1. The lowest BCUT2D eigenvalue weighted by Gasteiger charge is -2.09. The maximum Gasteiger partial charge on any atom is 0.324 e. The summed E-state index contributed by atoms with van der Waals surface area (Å²) in [5.74, 6) is 0.260. The van der Waals surface area contributed by atoms with Crippen LogP contribution in [0.15, 0.2) is 10.9 Å². The molecule has 74 valence electrons.